The van der Waals surface area contributed by atoms with Crippen LogP contribution in [0.5, 0.6) is 0 Å². The molecule has 3 rings (SSSR count). The molecule has 0 aromatic heterocycles. The number of hydrogen-bond donors (Lipinski definition) is 1. The Morgan fingerprint density at radius 1 is 1.18 bits per heavy atom. The quantitative estimate of drug-likeness (QED) is 0.573. The van der Waals surface area contributed by atoms with E-state index in [1.165, 1.54) is 22.2 Å². The van der Waals surface area contributed by atoms with E-state index >= 15 is 0 Å². The Labute approximate surface area is 175 Å². The second kappa shape index (κ2) is 8.71. The minimum atomic E-state index is -0.265. The van der Waals surface area contributed by atoms with Crippen LogP contribution < -0.4 is 5.32 Å². The molecule has 28 heavy (non-hydrogen) atoms. The molecule has 1 saturated heterocycles. The van der Waals surface area contributed by atoms with E-state index < -0.39 is 0 Å². The topological polar surface area (TPSA) is 49.4 Å². The Bertz CT molecular complexity index is 965. The van der Waals surface area contributed by atoms with Crippen LogP contribution >= 0.6 is 24.0 Å². The van der Waals surface area contributed by atoms with Gasteiger partial charge in [-0.25, -0.2) is 0 Å². The van der Waals surface area contributed by atoms with Gasteiger partial charge in [0.05, 0.1) is 4.91 Å². The summed E-state index contributed by atoms with van der Waals surface area (Å²) in [6, 6.07) is 13.8. The molecule has 1 heterocycles. The first-order valence-corrected chi connectivity index (χ1v) is 10.3. The molecule has 0 radical (unpaired) electrons. The first kappa shape index (κ1) is 20.3. The zero-order chi connectivity index (χ0) is 20.3. The fraction of sp³-hybridized carbons (Fsp3) is 0.227. The van der Waals surface area contributed by atoms with Crippen molar-refractivity contribution in [3.8, 4) is 0 Å². The van der Waals surface area contributed by atoms with Crippen molar-refractivity contribution in [2.45, 2.75) is 27.2 Å². The molecule has 6 heteroatoms. The largest absolute Gasteiger partial charge is 0.324 e. The van der Waals surface area contributed by atoms with Gasteiger partial charge < -0.3 is 5.32 Å². The zero-order valence-electron chi connectivity index (χ0n) is 16.1. The Kier molecular flexibility index (Phi) is 6.31. The van der Waals surface area contributed by atoms with E-state index in [-0.39, 0.29) is 18.4 Å². The Morgan fingerprint density at radius 3 is 2.57 bits per heavy atom. The number of carbonyl (C=O) groups excluding carboxylic acids is 2. The maximum atomic E-state index is 12.7. The van der Waals surface area contributed by atoms with Gasteiger partial charge in [0.15, 0.2) is 0 Å². The lowest BCUT2D eigenvalue weighted by Gasteiger charge is -2.15. The summed E-state index contributed by atoms with van der Waals surface area (Å²) in [7, 11) is 0. The third-order valence-corrected chi connectivity index (χ3v) is 6.12. The molecule has 1 aliphatic heterocycles. The molecule has 0 saturated carbocycles. The lowest BCUT2D eigenvalue weighted by molar-refractivity contribution is -0.126. The molecule has 2 aromatic carbocycles. The van der Waals surface area contributed by atoms with Gasteiger partial charge in [-0.05, 0) is 54.7 Å². The summed E-state index contributed by atoms with van der Waals surface area (Å²) in [5, 5.41) is 2.88. The van der Waals surface area contributed by atoms with Crippen molar-refractivity contribution in [3.63, 3.8) is 0 Å². The molecule has 0 aliphatic carbocycles. The summed E-state index contributed by atoms with van der Waals surface area (Å²) in [5.74, 6) is -0.496. The number of nitrogens with zero attached hydrogens (tertiary/aromatic N) is 1. The molecule has 2 aromatic rings. The van der Waals surface area contributed by atoms with Gasteiger partial charge in [-0.3, -0.25) is 14.5 Å². The fourth-order valence-electron chi connectivity index (χ4n) is 2.86. The van der Waals surface area contributed by atoms with Crippen LogP contribution in [-0.2, 0) is 16.0 Å². The van der Waals surface area contributed by atoms with Gasteiger partial charge in [-0.1, -0.05) is 67.3 Å². The zero-order valence-corrected chi connectivity index (χ0v) is 17.7. The number of hydrogen-bond acceptors (Lipinski definition) is 4. The average Bonchev–Trinajstić information content (AvgIpc) is 2.93. The van der Waals surface area contributed by atoms with Gasteiger partial charge in [0.1, 0.15) is 10.9 Å². The lowest BCUT2D eigenvalue weighted by atomic mass is 10.1. The van der Waals surface area contributed by atoms with E-state index in [4.69, 9.17) is 12.2 Å². The van der Waals surface area contributed by atoms with Gasteiger partial charge in [-0.15, -0.1) is 0 Å². The predicted molar refractivity (Wildman–Crippen MR) is 120 cm³/mol. The molecular formula is C22H22N2O2S2. The SMILES string of the molecule is CCc1ccc(/C=C2/SC(=S)N(CC(=O)Nc3cccc(C)c3C)C2=O)cc1. The molecule has 1 fully saturated rings. The van der Waals surface area contributed by atoms with Crippen molar-refractivity contribution in [1.29, 1.82) is 0 Å². The van der Waals surface area contributed by atoms with Crippen molar-refractivity contribution in [1.82, 2.24) is 4.90 Å². The lowest BCUT2D eigenvalue weighted by Crippen LogP contribution is -2.36. The maximum absolute atomic E-state index is 12.7. The number of anilines is 1. The van der Waals surface area contributed by atoms with Gasteiger partial charge in [0.25, 0.3) is 5.91 Å². The van der Waals surface area contributed by atoms with Gasteiger partial charge >= 0.3 is 0 Å². The minimum Gasteiger partial charge on any atom is -0.324 e. The number of carbonyl (C=O) groups is 2. The van der Waals surface area contributed by atoms with Crippen molar-refractivity contribution in [2.24, 2.45) is 0 Å². The van der Waals surface area contributed by atoms with Gasteiger partial charge in [0.2, 0.25) is 5.91 Å². The number of benzene rings is 2. The normalized spacial score (nSPS) is 15.4. The fourth-order valence-corrected chi connectivity index (χ4v) is 4.11. The van der Waals surface area contributed by atoms with E-state index in [1.54, 1.807) is 0 Å². The molecule has 0 atom stereocenters. The summed E-state index contributed by atoms with van der Waals surface area (Å²) in [5.41, 5.74) is 5.05. The highest BCUT2D eigenvalue weighted by molar-refractivity contribution is 8.26. The highest BCUT2D eigenvalue weighted by Gasteiger charge is 2.33. The molecule has 2 amide bonds. The molecule has 0 bridgehead atoms. The summed E-state index contributed by atoms with van der Waals surface area (Å²) in [6.45, 7) is 5.95. The number of aryl methyl sites for hydroxylation is 2. The summed E-state index contributed by atoms with van der Waals surface area (Å²) in [6.07, 6.45) is 2.79. The first-order chi connectivity index (χ1) is 13.4. The highest BCUT2D eigenvalue weighted by Crippen LogP contribution is 2.32. The second-order valence-corrected chi connectivity index (χ2v) is 8.33. The summed E-state index contributed by atoms with van der Waals surface area (Å²) >= 11 is 6.56. The number of amides is 2. The number of thioether (sulfide) groups is 1. The van der Waals surface area contributed by atoms with Crippen LogP contribution in [0.15, 0.2) is 47.4 Å². The second-order valence-electron chi connectivity index (χ2n) is 6.66. The molecule has 1 aliphatic rings. The van der Waals surface area contributed by atoms with Crippen LogP contribution in [0, 0.1) is 13.8 Å². The van der Waals surface area contributed by atoms with Crippen LogP contribution in [0.3, 0.4) is 0 Å². The van der Waals surface area contributed by atoms with Gasteiger partial charge in [0, 0.05) is 5.69 Å². The van der Waals surface area contributed by atoms with Crippen molar-refractivity contribution in [2.75, 3.05) is 11.9 Å². The Hall–Kier alpha value is -2.44. The molecule has 0 unspecified atom stereocenters. The van der Waals surface area contributed by atoms with Crippen LogP contribution in [0.2, 0.25) is 0 Å². The maximum Gasteiger partial charge on any atom is 0.266 e. The minimum absolute atomic E-state index is 0.0931. The van der Waals surface area contributed by atoms with Crippen LogP contribution in [-0.4, -0.2) is 27.6 Å². The van der Waals surface area contributed by atoms with Gasteiger partial charge in [-0.2, -0.15) is 0 Å². The summed E-state index contributed by atoms with van der Waals surface area (Å²) < 4.78 is 0.401. The van der Waals surface area contributed by atoms with Crippen molar-refractivity contribution in [3.05, 3.63) is 69.6 Å². The van der Waals surface area contributed by atoms with E-state index in [0.717, 1.165) is 28.8 Å². The van der Waals surface area contributed by atoms with E-state index in [0.29, 0.717) is 9.23 Å². The van der Waals surface area contributed by atoms with E-state index in [9.17, 15) is 9.59 Å². The van der Waals surface area contributed by atoms with E-state index in [2.05, 4.69) is 12.2 Å². The standard InChI is InChI=1S/C22H22N2O2S2/c1-4-16-8-10-17(11-9-16)12-19-21(26)24(22(27)28-19)13-20(25)23-18-7-5-6-14(2)15(18)3/h5-12H,4,13H2,1-3H3,(H,23,25)/b19-12+. The summed E-state index contributed by atoms with van der Waals surface area (Å²) in [4.78, 5) is 27.1. The molecule has 0 spiro atoms. The number of thiocarbonyl (C=S) groups is 1. The number of nitrogens with one attached hydrogen (secondary N) is 1. The smallest absolute Gasteiger partial charge is 0.266 e. The van der Waals surface area contributed by atoms with Crippen LogP contribution in [0.25, 0.3) is 6.08 Å². The monoisotopic (exact) mass is 410 g/mol. The third-order valence-electron chi connectivity index (χ3n) is 4.74. The number of rotatable bonds is 5. The van der Waals surface area contributed by atoms with E-state index in [1.807, 2.05) is 62.4 Å². The van der Waals surface area contributed by atoms with Crippen LogP contribution in [0.1, 0.15) is 29.2 Å². The van der Waals surface area contributed by atoms with Crippen molar-refractivity contribution >= 4 is 51.9 Å². The third kappa shape index (κ3) is 4.51. The van der Waals surface area contributed by atoms with Crippen molar-refractivity contribution < 1.29 is 9.59 Å². The Morgan fingerprint density at radius 2 is 1.89 bits per heavy atom. The first-order valence-electron chi connectivity index (χ1n) is 9.09. The average molecular weight is 411 g/mol. The predicted octanol–water partition coefficient (Wildman–Crippen LogP) is 4.71. The molecule has 144 valence electrons. The molecule has 4 nitrogen and oxygen atoms in total. The highest BCUT2D eigenvalue weighted by atomic mass is 32.2. The van der Waals surface area contributed by atoms with Crippen LogP contribution in [0.4, 0.5) is 5.69 Å². The molecular weight excluding hydrogens is 388 g/mol. The Balaban J connectivity index is 1.70. The molecule has 1 N–H and O–H groups in total.